The highest BCUT2D eigenvalue weighted by atomic mass is 35.5. The van der Waals surface area contributed by atoms with E-state index in [9.17, 15) is 14.0 Å². The molecule has 1 aliphatic rings. The minimum atomic E-state index is -0.634. The van der Waals surface area contributed by atoms with Gasteiger partial charge in [0.1, 0.15) is 5.82 Å². The zero-order valence-electron chi connectivity index (χ0n) is 12.4. The average molecular weight is 336 g/mol. The number of H-pyrrole nitrogens is 1. The fraction of sp³-hybridized carbons (Fsp3) is 0.312. The van der Waals surface area contributed by atoms with Crippen molar-refractivity contribution in [2.45, 2.75) is 31.7 Å². The molecule has 5 nitrogen and oxygen atoms in total. The molecule has 1 heterocycles. The Morgan fingerprint density at radius 3 is 2.87 bits per heavy atom. The van der Waals surface area contributed by atoms with E-state index in [1.807, 2.05) is 0 Å². The fourth-order valence-electron chi connectivity index (χ4n) is 2.71. The van der Waals surface area contributed by atoms with Crippen LogP contribution in [0.15, 0.2) is 29.3 Å². The van der Waals surface area contributed by atoms with Gasteiger partial charge in [0.05, 0.1) is 22.6 Å². The maximum absolute atomic E-state index is 13.8. The number of benzene rings is 1. The summed E-state index contributed by atoms with van der Waals surface area (Å²) in [6.45, 7) is 1.72. The van der Waals surface area contributed by atoms with Crippen LogP contribution < -0.4 is 10.9 Å². The molecule has 0 atom stereocenters. The van der Waals surface area contributed by atoms with Gasteiger partial charge in [0, 0.05) is 18.0 Å². The first kappa shape index (κ1) is 15.7. The lowest BCUT2D eigenvalue weighted by Gasteiger charge is -2.35. The zero-order valence-corrected chi connectivity index (χ0v) is 13.2. The Labute approximate surface area is 136 Å². The van der Waals surface area contributed by atoms with Gasteiger partial charge in [-0.15, -0.1) is 0 Å². The van der Waals surface area contributed by atoms with Gasteiger partial charge < -0.3 is 10.3 Å². The number of nitrogens with one attached hydrogen (secondary N) is 2. The molecule has 1 aromatic heterocycles. The van der Waals surface area contributed by atoms with Crippen LogP contribution in [0.25, 0.3) is 0 Å². The summed E-state index contributed by atoms with van der Waals surface area (Å²) >= 11 is 6.03. The molecule has 0 saturated heterocycles. The predicted octanol–water partition coefficient (Wildman–Crippen LogP) is 2.55. The van der Waals surface area contributed by atoms with E-state index in [1.54, 1.807) is 6.92 Å². The summed E-state index contributed by atoms with van der Waals surface area (Å²) in [5.41, 5.74) is 1.04. The van der Waals surface area contributed by atoms with Crippen molar-refractivity contribution in [2.24, 2.45) is 0 Å². The van der Waals surface area contributed by atoms with Crippen molar-refractivity contribution < 1.29 is 9.18 Å². The average Bonchev–Trinajstić information content (AvgIpc) is 2.46. The molecule has 1 saturated carbocycles. The Hall–Kier alpha value is -2.21. The molecule has 1 amide bonds. The summed E-state index contributed by atoms with van der Waals surface area (Å²) in [5.74, 6) is -1.02. The van der Waals surface area contributed by atoms with E-state index in [-0.39, 0.29) is 28.1 Å². The fourth-order valence-corrected chi connectivity index (χ4v) is 2.95. The number of aromatic amines is 1. The van der Waals surface area contributed by atoms with Crippen molar-refractivity contribution in [1.82, 2.24) is 15.3 Å². The summed E-state index contributed by atoms with van der Waals surface area (Å²) in [5, 5.41) is 2.91. The van der Waals surface area contributed by atoms with Gasteiger partial charge in [-0.1, -0.05) is 17.7 Å². The van der Waals surface area contributed by atoms with E-state index in [1.165, 1.54) is 24.5 Å². The largest absolute Gasteiger partial charge is 0.349 e. The van der Waals surface area contributed by atoms with Crippen molar-refractivity contribution in [3.05, 3.63) is 62.5 Å². The topological polar surface area (TPSA) is 74.8 Å². The van der Waals surface area contributed by atoms with Crippen LogP contribution in [0.1, 0.15) is 40.4 Å². The highest BCUT2D eigenvalue weighted by Crippen LogP contribution is 2.35. The highest BCUT2D eigenvalue weighted by molar-refractivity contribution is 6.34. The normalized spacial score (nSPS) is 20.0. The molecule has 0 aliphatic heterocycles. The number of halogens is 2. The third-order valence-corrected chi connectivity index (χ3v) is 4.59. The number of hydrogen-bond donors (Lipinski definition) is 2. The number of hydrogen-bond acceptors (Lipinski definition) is 3. The summed E-state index contributed by atoms with van der Waals surface area (Å²) in [7, 11) is 0. The van der Waals surface area contributed by atoms with E-state index in [0.29, 0.717) is 24.1 Å². The van der Waals surface area contributed by atoms with Crippen LogP contribution in [0.5, 0.6) is 0 Å². The Bertz CT molecular complexity index is 815. The van der Waals surface area contributed by atoms with E-state index in [2.05, 4.69) is 15.3 Å². The molecular weight excluding hydrogens is 321 g/mol. The van der Waals surface area contributed by atoms with Crippen molar-refractivity contribution in [3.8, 4) is 0 Å². The van der Waals surface area contributed by atoms with E-state index >= 15 is 0 Å². The molecule has 0 spiro atoms. The second-order valence-electron chi connectivity index (χ2n) is 5.73. The minimum absolute atomic E-state index is 0.0791. The van der Waals surface area contributed by atoms with E-state index < -0.39 is 11.7 Å². The second-order valence-corrected chi connectivity index (χ2v) is 6.11. The minimum Gasteiger partial charge on any atom is -0.349 e. The number of carbonyl (C=O) groups excluding carboxylic acids is 1. The Morgan fingerprint density at radius 2 is 2.17 bits per heavy atom. The maximum atomic E-state index is 13.8. The van der Waals surface area contributed by atoms with Crippen LogP contribution in [0.2, 0.25) is 5.02 Å². The molecule has 1 aromatic carbocycles. The smallest absolute Gasteiger partial charge is 0.256 e. The van der Waals surface area contributed by atoms with Crippen molar-refractivity contribution in [1.29, 1.82) is 0 Å². The summed E-state index contributed by atoms with van der Waals surface area (Å²) in [4.78, 5) is 30.1. The van der Waals surface area contributed by atoms with Gasteiger partial charge in [-0.2, -0.15) is 0 Å². The van der Waals surface area contributed by atoms with Gasteiger partial charge >= 0.3 is 0 Å². The molecule has 1 aliphatic carbocycles. The standard InChI is InChI=1S/C16H15ClFN3O2/c1-8-2-3-11(18)14(15(8)17)16(23)21-10-4-9(5-10)12-6-13(22)20-7-19-12/h2-3,6-7,9-10H,4-5H2,1H3,(H,21,23)(H,19,20,22). The lowest BCUT2D eigenvalue weighted by molar-refractivity contribution is 0.0904. The first-order valence-corrected chi connectivity index (χ1v) is 7.63. The van der Waals surface area contributed by atoms with Gasteiger partial charge in [0.2, 0.25) is 0 Å². The van der Waals surface area contributed by atoms with Crippen LogP contribution in [0.3, 0.4) is 0 Å². The first-order valence-electron chi connectivity index (χ1n) is 7.26. The number of nitrogens with zero attached hydrogens (tertiary/aromatic N) is 1. The van der Waals surface area contributed by atoms with Crippen LogP contribution >= 0.6 is 11.6 Å². The molecule has 3 rings (SSSR count). The lowest BCUT2D eigenvalue weighted by atomic mass is 9.78. The summed E-state index contributed by atoms with van der Waals surface area (Å²) in [6, 6.07) is 4.15. The van der Waals surface area contributed by atoms with E-state index in [0.717, 1.165) is 0 Å². The molecule has 0 unspecified atom stereocenters. The molecule has 23 heavy (non-hydrogen) atoms. The molecular formula is C16H15ClFN3O2. The maximum Gasteiger partial charge on any atom is 0.256 e. The number of amides is 1. The molecule has 2 aromatic rings. The zero-order chi connectivity index (χ0) is 16.6. The van der Waals surface area contributed by atoms with Crippen molar-refractivity contribution >= 4 is 17.5 Å². The number of rotatable bonds is 3. The second kappa shape index (κ2) is 6.12. The summed E-state index contributed by atoms with van der Waals surface area (Å²) < 4.78 is 13.8. The molecule has 1 fully saturated rings. The van der Waals surface area contributed by atoms with Crippen LogP contribution in [0, 0.1) is 12.7 Å². The third-order valence-electron chi connectivity index (χ3n) is 4.10. The highest BCUT2D eigenvalue weighted by Gasteiger charge is 2.33. The van der Waals surface area contributed by atoms with Gasteiger partial charge in [0.15, 0.2) is 0 Å². The van der Waals surface area contributed by atoms with Gasteiger partial charge in [-0.3, -0.25) is 9.59 Å². The third kappa shape index (κ3) is 3.12. The molecule has 0 bridgehead atoms. The quantitative estimate of drug-likeness (QED) is 0.905. The van der Waals surface area contributed by atoms with Crippen molar-refractivity contribution in [2.75, 3.05) is 0 Å². The first-order chi connectivity index (χ1) is 11.0. The van der Waals surface area contributed by atoms with Gasteiger partial charge in [-0.25, -0.2) is 9.37 Å². The summed E-state index contributed by atoms with van der Waals surface area (Å²) in [6.07, 6.45) is 2.69. The Kier molecular flexibility index (Phi) is 4.17. The number of carbonyl (C=O) groups is 1. The van der Waals surface area contributed by atoms with Crippen LogP contribution in [-0.2, 0) is 0 Å². The van der Waals surface area contributed by atoms with Crippen molar-refractivity contribution in [3.63, 3.8) is 0 Å². The number of aryl methyl sites for hydroxylation is 1. The molecule has 7 heteroatoms. The predicted molar refractivity (Wildman–Crippen MR) is 84.2 cm³/mol. The van der Waals surface area contributed by atoms with Gasteiger partial charge in [0.25, 0.3) is 11.5 Å². The molecule has 2 N–H and O–H groups in total. The van der Waals surface area contributed by atoms with E-state index in [4.69, 9.17) is 11.6 Å². The van der Waals surface area contributed by atoms with Crippen LogP contribution in [0.4, 0.5) is 4.39 Å². The van der Waals surface area contributed by atoms with Crippen LogP contribution in [-0.4, -0.2) is 21.9 Å². The molecule has 0 radical (unpaired) electrons. The van der Waals surface area contributed by atoms with Gasteiger partial charge in [-0.05, 0) is 31.4 Å². The monoisotopic (exact) mass is 335 g/mol. The Morgan fingerprint density at radius 1 is 1.43 bits per heavy atom. The Balaban J connectivity index is 1.65. The molecule has 120 valence electrons. The SMILES string of the molecule is Cc1ccc(F)c(C(=O)NC2CC(c3cc(=O)[nH]cn3)C2)c1Cl. The lowest BCUT2D eigenvalue weighted by Crippen LogP contribution is -2.44. The number of aromatic nitrogens is 2.